The number of methoxy groups -OCH3 is 1. The number of hydrogen-bond donors (Lipinski definition) is 1. The fraction of sp³-hybridized carbons (Fsp3) is 0.368. The number of thioether (sulfide) groups is 1. The number of halogens is 1. The van der Waals surface area contributed by atoms with E-state index in [1.165, 1.54) is 0 Å². The molecule has 3 heterocycles. The minimum atomic E-state index is -0.139. The molecule has 26 heavy (non-hydrogen) atoms. The molecule has 2 aliphatic rings. The monoisotopic (exact) mass is 389 g/mol. The van der Waals surface area contributed by atoms with E-state index in [4.69, 9.17) is 21.3 Å². The lowest BCUT2D eigenvalue weighted by Crippen LogP contribution is -2.35. The van der Waals surface area contributed by atoms with Crippen LogP contribution in [0.2, 0.25) is 5.02 Å². The number of phenolic OH excluding ortho intramolecular Hbond substituents is 1. The van der Waals surface area contributed by atoms with Crippen molar-refractivity contribution in [2.45, 2.75) is 31.5 Å². The minimum Gasteiger partial charge on any atom is -0.504 e. The molecule has 0 spiro atoms. The van der Waals surface area contributed by atoms with E-state index in [9.17, 15) is 5.11 Å². The summed E-state index contributed by atoms with van der Waals surface area (Å²) in [5.74, 6) is 1.48. The van der Waals surface area contributed by atoms with Crippen molar-refractivity contribution in [2.75, 3.05) is 12.9 Å². The van der Waals surface area contributed by atoms with E-state index in [2.05, 4.69) is 16.8 Å². The van der Waals surface area contributed by atoms with Crippen molar-refractivity contribution in [2.24, 2.45) is 4.99 Å². The molecule has 1 fully saturated rings. The number of rotatable bonds is 4. The summed E-state index contributed by atoms with van der Waals surface area (Å²) in [6.07, 6.45) is 2.82. The number of aromatic hydroxyl groups is 1. The summed E-state index contributed by atoms with van der Waals surface area (Å²) in [4.78, 5) is 11.9. The molecule has 0 bridgehead atoms. The number of amidine groups is 1. The maximum atomic E-state index is 10.1. The molecule has 2 aliphatic heterocycles. The van der Waals surface area contributed by atoms with Gasteiger partial charge < -0.3 is 14.7 Å². The second kappa shape index (κ2) is 7.00. The average molecular weight is 390 g/mol. The van der Waals surface area contributed by atoms with E-state index in [1.807, 2.05) is 24.3 Å². The largest absolute Gasteiger partial charge is 0.504 e. The van der Waals surface area contributed by atoms with Gasteiger partial charge in [-0.1, -0.05) is 36.4 Å². The number of aliphatic imine (C=N–C) groups is 1. The highest BCUT2D eigenvalue weighted by Crippen LogP contribution is 2.51. The molecule has 0 radical (unpaired) electrons. The summed E-state index contributed by atoms with van der Waals surface area (Å²) in [5.41, 5.74) is 1.81. The Bertz CT molecular complexity index is 846. The number of nitrogens with zero attached hydrogens (tertiary/aromatic N) is 3. The van der Waals surface area contributed by atoms with Crippen molar-refractivity contribution < 1.29 is 9.84 Å². The number of fused-ring (bicyclic) bond motifs is 1. The molecular weight excluding hydrogens is 370 g/mol. The normalized spacial score (nSPS) is 24.5. The van der Waals surface area contributed by atoms with Crippen molar-refractivity contribution in [1.29, 1.82) is 0 Å². The third kappa shape index (κ3) is 2.81. The lowest BCUT2D eigenvalue weighted by Gasteiger charge is -2.32. The Hall–Kier alpha value is -1.92. The molecule has 5 nitrogen and oxygen atoms in total. The number of pyridine rings is 1. The Morgan fingerprint density at radius 2 is 2.23 bits per heavy atom. The van der Waals surface area contributed by atoms with Gasteiger partial charge in [0.1, 0.15) is 6.04 Å². The van der Waals surface area contributed by atoms with Crippen LogP contribution in [0.4, 0.5) is 0 Å². The minimum absolute atomic E-state index is 0.0395. The van der Waals surface area contributed by atoms with E-state index in [1.54, 1.807) is 31.1 Å². The fourth-order valence-electron chi connectivity index (χ4n) is 3.64. The zero-order chi connectivity index (χ0) is 18.3. The van der Waals surface area contributed by atoms with Crippen LogP contribution >= 0.6 is 23.4 Å². The zero-order valence-electron chi connectivity index (χ0n) is 14.6. The van der Waals surface area contributed by atoms with Gasteiger partial charge in [0, 0.05) is 29.1 Å². The predicted molar refractivity (Wildman–Crippen MR) is 105 cm³/mol. The zero-order valence-corrected chi connectivity index (χ0v) is 16.2. The van der Waals surface area contributed by atoms with Gasteiger partial charge in [0.2, 0.25) is 0 Å². The first-order valence-corrected chi connectivity index (χ1v) is 9.96. The number of phenols is 1. The molecule has 1 aromatic heterocycles. The van der Waals surface area contributed by atoms with Crippen LogP contribution in [0, 0.1) is 0 Å². The average Bonchev–Trinajstić information content (AvgIpc) is 3.22. The van der Waals surface area contributed by atoms with Gasteiger partial charge in [0.25, 0.3) is 0 Å². The molecule has 136 valence electrons. The van der Waals surface area contributed by atoms with E-state index in [0.717, 1.165) is 28.6 Å². The Labute approximate surface area is 162 Å². The molecule has 0 amide bonds. The van der Waals surface area contributed by atoms with Crippen LogP contribution in [0.5, 0.6) is 11.5 Å². The molecule has 3 atom stereocenters. The van der Waals surface area contributed by atoms with Gasteiger partial charge in [0.15, 0.2) is 16.7 Å². The van der Waals surface area contributed by atoms with Gasteiger partial charge in [-0.25, -0.2) is 0 Å². The van der Waals surface area contributed by atoms with Gasteiger partial charge in [-0.05, 0) is 30.2 Å². The van der Waals surface area contributed by atoms with Crippen LogP contribution < -0.4 is 4.74 Å². The number of ether oxygens (including phenoxy) is 1. The van der Waals surface area contributed by atoms with Gasteiger partial charge in [-0.3, -0.25) is 9.98 Å². The highest BCUT2D eigenvalue weighted by molar-refractivity contribution is 8.14. The van der Waals surface area contributed by atoms with Gasteiger partial charge in [0.05, 0.1) is 18.8 Å². The maximum absolute atomic E-state index is 10.1. The Balaban J connectivity index is 1.85. The van der Waals surface area contributed by atoms with Crippen LogP contribution in [0.3, 0.4) is 0 Å². The van der Waals surface area contributed by atoms with Crippen molar-refractivity contribution in [3.05, 3.63) is 52.8 Å². The highest BCUT2D eigenvalue weighted by Gasteiger charge is 2.46. The van der Waals surface area contributed by atoms with Crippen LogP contribution in [0.25, 0.3) is 0 Å². The van der Waals surface area contributed by atoms with Crippen LogP contribution in [0.1, 0.15) is 36.7 Å². The molecule has 4 rings (SSSR count). The molecule has 1 aromatic carbocycles. The summed E-state index contributed by atoms with van der Waals surface area (Å²) in [5, 5.41) is 11.6. The number of aromatic nitrogens is 1. The number of benzene rings is 1. The number of hydrogen-bond acceptors (Lipinski definition) is 6. The van der Waals surface area contributed by atoms with Crippen molar-refractivity contribution in [3.63, 3.8) is 0 Å². The molecule has 1 saturated heterocycles. The molecular formula is C19H20ClN3O2S. The van der Waals surface area contributed by atoms with E-state index in [-0.39, 0.29) is 17.8 Å². The summed E-state index contributed by atoms with van der Waals surface area (Å²) < 4.78 is 5.32. The topological polar surface area (TPSA) is 58.0 Å². The molecule has 0 aliphatic carbocycles. The smallest absolute Gasteiger partial charge is 0.160 e. The van der Waals surface area contributed by atoms with Crippen molar-refractivity contribution in [3.8, 4) is 11.5 Å². The van der Waals surface area contributed by atoms with E-state index < -0.39 is 0 Å². The molecule has 2 aromatic rings. The summed E-state index contributed by atoms with van der Waals surface area (Å²) in [7, 11) is 1.54. The molecule has 7 heteroatoms. The van der Waals surface area contributed by atoms with Crippen LogP contribution in [0.15, 0.2) is 41.5 Å². The van der Waals surface area contributed by atoms with Crippen LogP contribution in [-0.2, 0) is 0 Å². The SMILES string of the molecule is CC[C@@H]1CSC2=N[C@@H](c3ccccn3)[C@@H](c3cc(OC)c(O)cc3Cl)N21. The van der Waals surface area contributed by atoms with Crippen molar-refractivity contribution in [1.82, 2.24) is 9.88 Å². The second-order valence-electron chi connectivity index (χ2n) is 6.38. The lowest BCUT2D eigenvalue weighted by atomic mass is 9.94. The molecule has 0 saturated carbocycles. The summed E-state index contributed by atoms with van der Waals surface area (Å²) >= 11 is 8.34. The van der Waals surface area contributed by atoms with Gasteiger partial charge in [-0.2, -0.15) is 0 Å². The maximum Gasteiger partial charge on any atom is 0.160 e. The first kappa shape index (κ1) is 17.5. The summed E-state index contributed by atoms with van der Waals surface area (Å²) in [6.45, 7) is 2.19. The molecule has 1 N–H and O–H groups in total. The van der Waals surface area contributed by atoms with Gasteiger partial charge in [-0.15, -0.1) is 0 Å². The second-order valence-corrected chi connectivity index (χ2v) is 7.78. The third-order valence-electron chi connectivity index (χ3n) is 4.95. The third-order valence-corrected chi connectivity index (χ3v) is 6.40. The standard InChI is InChI=1S/C19H20ClN3O2S/c1-3-11-10-26-19-22-17(14-6-4-5-7-21-14)18(23(11)19)12-8-16(25-2)15(24)9-13(12)20/h4-9,11,17-18,24H,3,10H2,1-2H3/t11-,17+,18-/m1/s1. The predicted octanol–water partition coefficient (Wildman–Crippen LogP) is 4.43. The highest BCUT2D eigenvalue weighted by atomic mass is 35.5. The van der Waals surface area contributed by atoms with E-state index in [0.29, 0.717) is 16.8 Å². The lowest BCUT2D eigenvalue weighted by molar-refractivity contribution is 0.254. The Morgan fingerprint density at radius 3 is 2.92 bits per heavy atom. The molecule has 0 unspecified atom stereocenters. The first-order valence-electron chi connectivity index (χ1n) is 8.60. The quantitative estimate of drug-likeness (QED) is 0.838. The Morgan fingerprint density at radius 1 is 1.38 bits per heavy atom. The summed E-state index contributed by atoms with van der Waals surface area (Å²) in [6, 6.07) is 9.45. The Kier molecular flexibility index (Phi) is 4.71. The first-order chi connectivity index (χ1) is 12.6. The van der Waals surface area contributed by atoms with Gasteiger partial charge >= 0.3 is 0 Å². The van der Waals surface area contributed by atoms with Crippen LogP contribution in [-0.4, -0.2) is 39.1 Å². The van der Waals surface area contributed by atoms with Crippen molar-refractivity contribution >= 4 is 28.5 Å². The van der Waals surface area contributed by atoms with E-state index >= 15 is 0 Å². The fourth-order valence-corrected chi connectivity index (χ4v) is 5.24.